The number of rotatable bonds is 14. The summed E-state index contributed by atoms with van der Waals surface area (Å²) in [4.78, 5) is 14.0. The van der Waals surface area contributed by atoms with Crippen molar-refractivity contribution in [2.45, 2.75) is 83.7 Å². The van der Waals surface area contributed by atoms with E-state index < -0.39 is 5.41 Å². The van der Waals surface area contributed by atoms with E-state index in [-0.39, 0.29) is 17.9 Å². The summed E-state index contributed by atoms with van der Waals surface area (Å²) in [5, 5.41) is 10.4. The Morgan fingerprint density at radius 1 is 0.837 bits per heavy atom. The minimum Gasteiger partial charge on any atom is -0.493 e. The van der Waals surface area contributed by atoms with E-state index in [2.05, 4.69) is 90.5 Å². The molecule has 43 heavy (non-hydrogen) atoms. The van der Waals surface area contributed by atoms with Crippen LogP contribution in [0.3, 0.4) is 0 Å². The van der Waals surface area contributed by atoms with Crippen molar-refractivity contribution < 1.29 is 14.3 Å². The molecule has 1 amide bonds. The maximum atomic E-state index is 14.0. The van der Waals surface area contributed by atoms with E-state index in [9.17, 15) is 4.79 Å². The average molecular weight is 584 g/mol. The second-order valence-electron chi connectivity index (χ2n) is 12.4. The summed E-state index contributed by atoms with van der Waals surface area (Å²) < 4.78 is 12.1. The summed E-state index contributed by atoms with van der Waals surface area (Å²) in [6, 6.07) is 23.5. The van der Waals surface area contributed by atoms with Crippen LogP contribution in [0, 0.1) is 5.41 Å². The van der Waals surface area contributed by atoms with Crippen LogP contribution >= 0.6 is 0 Å². The van der Waals surface area contributed by atoms with Crippen molar-refractivity contribution in [3.8, 4) is 11.5 Å². The predicted molar refractivity (Wildman–Crippen MR) is 177 cm³/mol. The third-order valence-corrected chi connectivity index (χ3v) is 8.98. The van der Waals surface area contributed by atoms with Gasteiger partial charge in [-0.15, -0.1) is 0 Å². The molecule has 0 bridgehead atoms. The van der Waals surface area contributed by atoms with Crippen molar-refractivity contribution in [3.05, 3.63) is 83.4 Å². The number of piperidine rings is 1. The van der Waals surface area contributed by atoms with E-state index in [0.717, 1.165) is 68.1 Å². The normalized spacial score (nSPS) is 18.2. The zero-order valence-corrected chi connectivity index (χ0v) is 26.2. The quantitative estimate of drug-likeness (QED) is 0.181. The Balaban J connectivity index is 1.47. The van der Waals surface area contributed by atoms with E-state index in [4.69, 9.17) is 9.47 Å². The fraction of sp³-hybridized carbons (Fsp3) is 0.486. The number of carbonyl (C=O) groups is 1. The fourth-order valence-corrected chi connectivity index (χ4v) is 6.77. The van der Waals surface area contributed by atoms with Crippen molar-refractivity contribution in [3.63, 3.8) is 0 Å². The van der Waals surface area contributed by atoms with Crippen LogP contribution in [0.2, 0.25) is 0 Å². The topological polar surface area (TPSA) is 71.6 Å². The van der Waals surface area contributed by atoms with Crippen LogP contribution in [-0.2, 0) is 17.6 Å². The molecule has 2 fully saturated rings. The SMILES string of the molecule is CCCNc1cccc(CC2(Cc3cccc(NCCC)c3)C[C@@H](c3ccc(OC)c(OC4CCCC4)c3)CNC2=O)c1. The fourth-order valence-electron chi connectivity index (χ4n) is 6.77. The lowest BCUT2D eigenvalue weighted by atomic mass is 9.67. The number of hydrogen-bond acceptors (Lipinski definition) is 5. The Labute approximate surface area is 258 Å². The van der Waals surface area contributed by atoms with Gasteiger partial charge in [-0.3, -0.25) is 4.79 Å². The van der Waals surface area contributed by atoms with Crippen LogP contribution in [0.15, 0.2) is 66.7 Å². The molecule has 0 spiro atoms. The van der Waals surface area contributed by atoms with Crippen molar-refractivity contribution in [1.82, 2.24) is 5.32 Å². The summed E-state index contributed by atoms with van der Waals surface area (Å²) in [5.41, 5.74) is 5.17. The number of methoxy groups -OCH3 is 1. The van der Waals surface area contributed by atoms with Gasteiger partial charge in [0.15, 0.2) is 11.5 Å². The number of carbonyl (C=O) groups excluding carboxylic acids is 1. The largest absolute Gasteiger partial charge is 0.493 e. The molecule has 1 heterocycles. The molecule has 3 aromatic carbocycles. The molecule has 2 aliphatic rings. The predicted octanol–water partition coefficient (Wildman–Crippen LogP) is 7.74. The molecule has 3 N–H and O–H groups in total. The Morgan fingerprint density at radius 3 is 2.05 bits per heavy atom. The first kappa shape index (κ1) is 30.8. The van der Waals surface area contributed by atoms with E-state index in [1.807, 2.05) is 6.07 Å². The van der Waals surface area contributed by atoms with Gasteiger partial charge in [-0.2, -0.15) is 0 Å². The van der Waals surface area contributed by atoms with Crippen LogP contribution in [-0.4, -0.2) is 38.8 Å². The van der Waals surface area contributed by atoms with Crippen molar-refractivity contribution >= 4 is 17.3 Å². The molecule has 1 saturated carbocycles. The van der Waals surface area contributed by atoms with Gasteiger partial charge in [-0.05, 0) is 111 Å². The summed E-state index contributed by atoms with van der Waals surface area (Å²) in [7, 11) is 1.70. The summed E-state index contributed by atoms with van der Waals surface area (Å²) in [6.07, 6.45) is 9.09. The van der Waals surface area contributed by atoms with Crippen LogP contribution in [0.1, 0.15) is 81.4 Å². The highest BCUT2D eigenvalue weighted by atomic mass is 16.5. The lowest BCUT2D eigenvalue weighted by molar-refractivity contribution is -0.134. The lowest BCUT2D eigenvalue weighted by Crippen LogP contribution is -2.51. The zero-order valence-electron chi connectivity index (χ0n) is 26.2. The molecular weight excluding hydrogens is 534 g/mol. The molecule has 0 aromatic heterocycles. The molecule has 6 heteroatoms. The molecule has 1 aliphatic carbocycles. The minimum atomic E-state index is -0.595. The van der Waals surface area contributed by atoms with Gasteiger partial charge in [0.25, 0.3) is 0 Å². The van der Waals surface area contributed by atoms with Gasteiger partial charge in [-0.1, -0.05) is 44.2 Å². The standard InChI is InChI=1S/C37H49N3O3/c1-4-18-38-31-12-8-10-27(20-31)23-37(24-28-11-9-13-32(21-28)39-19-5-2)25-30(26-40-36(37)41)29-16-17-34(42-3)35(22-29)43-33-14-6-7-15-33/h8-13,16-17,20-22,30,33,38-39H,4-7,14-15,18-19,23-26H2,1-3H3,(H,40,41)/t30-/m1/s1. The molecule has 5 rings (SSSR count). The summed E-state index contributed by atoms with van der Waals surface area (Å²) in [5.74, 6) is 1.89. The summed E-state index contributed by atoms with van der Waals surface area (Å²) in [6.45, 7) is 6.82. The monoisotopic (exact) mass is 583 g/mol. The minimum absolute atomic E-state index is 0.138. The van der Waals surface area contributed by atoms with E-state index in [1.54, 1.807) is 7.11 Å². The molecule has 3 aromatic rings. The second kappa shape index (κ2) is 14.7. The number of nitrogens with one attached hydrogen (secondary N) is 3. The molecule has 230 valence electrons. The van der Waals surface area contributed by atoms with Gasteiger partial charge < -0.3 is 25.4 Å². The van der Waals surface area contributed by atoms with Crippen molar-refractivity contribution in [1.29, 1.82) is 0 Å². The number of hydrogen-bond donors (Lipinski definition) is 3. The van der Waals surface area contributed by atoms with Crippen LogP contribution < -0.4 is 25.4 Å². The number of ether oxygens (including phenoxy) is 2. The molecule has 6 nitrogen and oxygen atoms in total. The lowest BCUT2D eigenvalue weighted by Gasteiger charge is -2.41. The Hall–Kier alpha value is -3.67. The molecule has 0 unspecified atom stereocenters. The Bertz CT molecular complexity index is 1300. The van der Waals surface area contributed by atoms with Crippen molar-refractivity contribution in [2.75, 3.05) is 37.4 Å². The maximum Gasteiger partial charge on any atom is 0.226 e. The average Bonchev–Trinajstić information content (AvgIpc) is 3.54. The second-order valence-corrected chi connectivity index (χ2v) is 12.4. The highest BCUT2D eigenvalue weighted by Crippen LogP contribution is 2.43. The highest BCUT2D eigenvalue weighted by molar-refractivity contribution is 5.84. The van der Waals surface area contributed by atoms with Gasteiger partial charge in [0.05, 0.1) is 18.6 Å². The Kier molecular flexibility index (Phi) is 10.5. The third-order valence-electron chi connectivity index (χ3n) is 8.98. The van der Waals surface area contributed by atoms with E-state index in [1.165, 1.54) is 29.5 Å². The van der Waals surface area contributed by atoms with Gasteiger partial charge >= 0.3 is 0 Å². The van der Waals surface area contributed by atoms with Gasteiger partial charge in [0.1, 0.15) is 0 Å². The summed E-state index contributed by atoms with van der Waals surface area (Å²) >= 11 is 0. The number of anilines is 2. The smallest absolute Gasteiger partial charge is 0.226 e. The molecule has 1 aliphatic heterocycles. The first-order chi connectivity index (χ1) is 21.0. The van der Waals surface area contributed by atoms with Crippen molar-refractivity contribution in [2.24, 2.45) is 5.41 Å². The molecular formula is C37H49N3O3. The number of benzene rings is 3. The van der Waals surface area contributed by atoms with E-state index in [0.29, 0.717) is 19.4 Å². The third kappa shape index (κ3) is 7.84. The van der Waals surface area contributed by atoms with E-state index >= 15 is 0 Å². The Morgan fingerprint density at radius 2 is 1.47 bits per heavy atom. The first-order valence-electron chi connectivity index (χ1n) is 16.3. The van der Waals surface area contributed by atoms with Gasteiger partial charge in [0, 0.05) is 36.9 Å². The van der Waals surface area contributed by atoms with Crippen LogP contribution in [0.25, 0.3) is 0 Å². The van der Waals surface area contributed by atoms with Crippen LogP contribution in [0.4, 0.5) is 11.4 Å². The molecule has 0 radical (unpaired) electrons. The van der Waals surface area contributed by atoms with Gasteiger partial charge in [0.2, 0.25) is 5.91 Å². The highest BCUT2D eigenvalue weighted by Gasteiger charge is 2.44. The first-order valence-corrected chi connectivity index (χ1v) is 16.3. The maximum absolute atomic E-state index is 14.0. The molecule has 1 atom stereocenters. The molecule has 1 saturated heterocycles. The van der Waals surface area contributed by atoms with Crippen LogP contribution in [0.5, 0.6) is 11.5 Å². The van der Waals surface area contributed by atoms with Gasteiger partial charge in [-0.25, -0.2) is 0 Å². The zero-order chi connectivity index (χ0) is 30.1. The number of amides is 1.